The summed E-state index contributed by atoms with van der Waals surface area (Å²) in [7, 11) is -2.24. The van der Waals surface area contributed by atoms with E-state index in [1.807, 2.05) is 19.2 Å². The molecule has 2 atom stereocenters. The molecule has 0 amide bonds. The zero-order chi connectivity index (χ0) is 15.3. The molecular weight excluding hydrogens is 266 g/mol. The Labute approximate surface area is 122 Å². The molecule has 0 spiro atoms. The first kappa shape index (κ1) is 15.2. The molecule has 0 aromatic carbocycles. The van der Waals surface area contributed by atoms with Gasteiger partial charge >= 0.3 is 0 Å². The number of nitriles is 1. The third-order valence-electron chi connectivity index (χ3n) is 5.67. The highest BCUT2D eigenvalue weighted by atomic mass is 28.3. The van der Waals surface area contributed by atoms with Crippen LogP contribution < -0.4 is 0 Å². The second-order valence-electron chi connectivity index (χ2n) is 7.64. The minimum Gasteiger partial charge on any atom is -0.300 e. The van der Waals surface area contributed by atoms with E-state index in [0.717, 1.165) is 6.42 Å². The van der Waals surface area contributed by atoms with E-state index < -0.39 is 13.5 Å². The van der Waals surface area contributed by atoms with Crippen molar-refractivity contribution in [3.63, 3.8) is 0 Å². The maximum absolute atomic E-state index is 13.1. The van der Waals surface area contributed by atoms with E-state index in [4.69, 9.17) is 0 Å². The van der Waals surface area contributed by atoms with Gasteiger partial charge in [-0.3, -0.25) is 4.79 Å². The number of hydrogen-bond acceptors (Lipinski definition) is 3. The Balaban J connectivity index is 2.47. The fourth-order valence-corrected chi connectivity index (χ4v) is 4.85. The fraction of sp³-hybridized carbons (Fsp3) is 0.688. The van der Waals surface area contributed by atoms with E-state index in [1.165, 1.54) is 0 Å². The molecule has 0 N–H and O–H groups in total. The van der Waals surface area contributed by atoms with Crippen molar-refractivity contribution in [1.29, 1.82) is 5.26 Å². The van der Waals surface area contributed by atoms with Crippen molar-refractivity contribution in [3.8, 4) is 6.07 Å². The number of Topliss-reactive ketones (excluding diaryl/α,β-unsaturated/α-hetero) is 1. The molecule has 0 aromatic heterocycles. The molecule has 0 bridgehead atoms. The number of ketones is 1. The van der Waals surface area contributed by atoms with Gasteiger partial charge in [-0.1, -0.05) is 39.9 Å². The van der Waals surface area contributed by atoms with Crippen molar-refractivity contribution in [1.82, 2.24) is 0 Å². The molecule has 2 unspecified atom stereocenters. The van der Waals surface area contributed by atoms with Crippen molar-refractivity contribution in [2.45, 2.75) is 58.2 Å². The van der Waals surface area contributed by atoms with Crippen LogP contribution >= 0.6 is 0 Å². The number of nitrogens with zero attached hydrogens (tertiary/aromatic N) is 1. The molecule has 108 valence electrons. The Morgan fingerprint density at radius 3 is 2.55 bits per heavy atom. The van der Waals surface area contributed by atoms with Gasteiger partial charge in [0.1, 0.15) is 18.9 Å². The molecule has 1 saturated carbocycles. The van der Waals surface area contributed by atoms with Gasteiger partial charge in [-0.05, 0) is 23.8 Å². The van der Waals surface area contributed by atoms with E-state index in [0.29, 0.717) is 18.4 Å². The van der Waals surface area contributed by atoms with Crippen LogP contribution in [-0.2, 0) is 9.59 Å². The average Bonchev–Trinajstić information content (AvgIpc) is 2.85. The summed E-state index contributed by atoms with van der Waals surface area (Å²) in [5.41, 5.74) is -0.592. The predicted octanol–water partition coefficient (Wildman–Crippen LogP) is 3.42. The van der Waals surface area contributed by atoms with Crippen LogP contribution in [-0.4, -0.2) is 19.3 Å². The summed E-state index contributed by atoms with van der Waals surface area (Å²) >= 11 is 0. The summed E-state index contributed by atoms with van der Waals surface area (Å²) in [6, 6.07) is 2.23. The molecule has 2 rings (SSSR count). The van der Waals surface area contributed by atoms with Crippen molar-refractivity contribution in [2.75, 3.05) is 0 Å². The van der Waals surface area contributed by atoms with Crippen molar-refractivity contribution in [2.24, 2.45) is 11.3 Å². The normalized spacial score (nSPS) is 29.9. The Hall–Kier alpha value is -1.21. The predicted molar refractivity (Wildman–Crippen MR) is 80.7 cm³/mol. The van der Waals surface area contributed by atoms with Crippen LogP contribution in [0.2, 0.25) is 18.1 Å². The van der Waals surface area contributed by atoms with Crippen LogP contribution in [0.15, 0.2) is 11.6 Å². The zero-order valence-corrected chi connectivity index (χ0v) is 14.0. The number of rotatable bonds is 2. The standard InChI is InChI=1S/C16H23NO2Si/c1-15(2,3)20(4,5)14(19)12-8-6-11-7-9-13(18)16(11,12)10-17/h8,11H,6-7,9H2,1-5H3. The number of allylic oxidation sites excluding steroid dienone is 2. The Kier molecular flexibility index (Phi) is 3.33. The fourth-order valence-electron chi connectivity index (χ4n) is 3.20. The molecule has 3 nitrogen and oxygen atoms in total. The Morgan fingerprint density at radius 2 is 2.05 bits per heavy atom. The summed E-state index contributed by atoms with van der Waals surface area (Å²) in [5, 5.41) is 9.66. The lowest BCUT2D eigenvalue weighted by Crippen LogP contribution is -2.50. The van der Waals surface area contributed by atoms with Gasteiger partial charge in [0.15, 0.2) is 5.78 Å². The van der Waals surface area contributed by atoms with Crippen LogP contribution in [0.1, 0.15) is 40.0 Å². The third kappa shape index (κ3) is 1.76. The first-order valence-corrected chi connectivity index (χ1v) is 10.3. The summed E-state index contributed by atoms with van der Waals surface area (Å²) < 4.78 is 0. The summed E-state index contributed by atoms with van der Waals surface area (Å²) in [6.45, 7) is 10.3. The summed E-state index contributed by atoms with van der Waals surface area (Å²) in [6.07, 6.45) is 3.78. The van der Waals surface area contributed by atoms with Gasteiger partial charge in [0.2, 0.25) is 0 Å². The first-order valence-electron chi connectivity index (χ1n) is 7.29. The maximum atomic E-state index is 13.1. The monoisotopic (exact) mass is 289 g/mol. The lowest BCUT2D eigenvalue weighted by Gasteiger charge is -2.37. The zero-order valence-electron chi connectivity index (χ0n) is 13.0. The smallest absolute Gasteiger partial charge is 0.157 e. The molecule has 0 radical (unpaired) electrons. The first-order chi connectivity index (χ1) is 9.09. The number of fused-ring (bicyclic) bond motifs is 1. The van der Waals surface area contributed by atoms with E-state index in [9.17, 15) is 14.9 Å². The maximum Gasteiger partial charge on any atom is 0.157 e. The van der Waals surface area contributed by atoms with Crippen molar-refractivity contribution in [3.05, 3.63) is 11.6 Å². The highest BCUT2D eigenvalue weighted by molar-refractivity contribution is 7.08. The van der Waals surface area contributed by atoms with Crippen LogP contribution in [0.5, 0.6) is 0 Å². The molecule has 1 fully saturated rings. The van der Waals surface area contributed by atoms with Gasteiger partial charge in [-0.2, -0.15) is 5.26 Å². The Bertz CT molecular complexity index is 548. The minimum atomic E-state index is -2.24. The Morgan fingerprint density at radius 1 is 1.45 bits per heavy atom. The molecule has 0 heterocycles. The molecule has 2 aliphatic rings. The van der Waals surface area contributed by atoms with Crippen molar-refractivity contribution < 1.29 is 9.59 Å². The number of hydrogen-bond donors (Lipinski definition) is 0. The second-order valence-corrected chi connectivity index (χ2v) is 12.8. The highest BCUT2D eigenvalue weighted by Gasteiger charge is 2.59. The lowest BCUT2D eigenvalue weighted by molar-refractivity contribution is -0.124. The molecule has 4 heteroatoms. The second kappa shape index (κ2) is 4.39. The van der Waals surface area contributed by atoms with Gasteiger partial charge < -0.3 is 4.79 Å². The van der Waals surface area contributed by atoms with Crippen LogP contribution in [0, 0.1) is 22.7 Å². The molecule has 0 saturated heterocycles. The van der Waals surface area contributed by atoms with Crippen LogP contribution in [0.3, 0.4) is 0 Å². The molecule has 0 aliphatic heterocycles. The summed E-state index contributed by atoms with van der Waals surface area (Å²) in [5.74, 6) is -0.00970. The third-order valence-corrected chi connectivity index (χ3v) is 10.8. The highest BCUT2D eigenvalue weighted by Crippen LogP contribution is 2.54. The number of carbonyl (C=O) groups is 2. The number of carbonyl (C=O) groups excluding carboxylic acids is 2. The van der Waals surface area contributed by atoms with Gasteiger partial charge in [0.25, 0.3) is 0 Å². The largest absolute Gasteiger partial charge is 0.300 e. The molecule has 20 heavy (non-hydrogen) atoms. The van der Waals surface area contributed by atoms with E-state index in [-0.39, 0.29) is 22.1 Å². The lowest BCUT2D eigenvalue weighted by atomic mass is 9.77. The van der Waals surface area contributed by atoms with E-state index in [2.05, 4.69) is 26.8 Å². The van der Waals surface area contributed by atoms with Gasteiger partial charge in [-0.15, -0.1) is 0 Å². The topological polar surface area (TPSA) is 57.9 Å². The SMILES string of the molecule is CC(C)(C)[Si](C)(C)C(=O)C1=CCC2CCC(=O)C12C#N. The van der Waals surface area contributed by atoms with E-state index in [1.54, 1.807) is 0 Å². The van der Waals surface area contributed by atoms with Gasteiger partial charge in [-0.25, -0.2) is 0 Å². The van der Waals surface area contributed by atoms with Gasteiger partial charge in [0, 0.05) is 12.0 Å². The quantitative estimate of drug-likeness (QED) is 0.732. The van der Waals surface area contributed by atoms with E-state index >= 15 is 0 Å². The summed E-state index contributed by atoms with van der Waals surface area (Å²) in [4.78, 5) is 25.4. The molecule has 2 aliphatic carbocycles. The van der Waals surface area contributed by atoms with Crippen LogP contribution in [0.4, 0.5) is 0 Å². The van der Waals surface area contributed by atoms with Crippen LogP contribution in [0.25, 0.3) is 0 Å². The molecule has 0 aromatic rings. The van der Waals surface area contributed by atoms with Gasteiger partial charge in [0.05, 0.1) is 6.07 Å². The van der Waals surface area contributed by atoms with Crippen molar-refractivity contribution >= 4 is 19.3 Å². The average molecular weight is 289 g/mol. The minimum absolute atomic E-state index is 0.0312. The molecular formula is C16H23NO2Si.